The molecule has 4 heteroatoms. The molecule has 0 aliphatic rings. The van der Waals surface area contributed by atoms with Gasteiger partial charge >= 0.3 is 0 Å². The van der Waals surface area contributed by atoms with Crippen LogP contribution in [0.1, 0.15) is 5.56 Å². The Labute approximate surface area is 100 Å². The van der Waals surface area contributed by atoms with Gasteiger partial charge in [0.05, 0.1) is 17.9 Å². The standard InChI is InChI=1S/C12H14ClN3/c1-15(8-11-5-3-2-4-6-11)10-16-9-12(13)7-14-16/h2-7,9H,8,10H2,1H3. The lowest BCUT2D eigenvalue weighted by atomic mass is 10.2. The van der Waals surface area contributed by atoms with Gasteiger partial charge in [0.2, 0.25) is 0 Å². The zero-order valence-corrected chi connectivity index (χ0v) is 9.93. The average Bonchev–Trinajstić information content (AvgIpc) is 2.65. The van der Waals surface area contributed by atoms with E-state index in [2.05, 4.69) is 29.2 Å². The Hall–Kier alpha value is -1.32. The van der Waals surface area contributed by atoms with Crippen molar-refractivity contribution in [2.75, 3.05) is 7.05 Å². The molecule has 1 heterocycles. The maximum atomic E-state index is 5.80. The predicted octanol–water partition coefficient (Wildman–Crippen LogP) is 2.63. The lowest BCUT2D eigenvalue weighted by molar-refractivity contribution is 0.246. The maximum absolute atomic E-state index is 5.80. The fourth-order valence-corrected chi connectivity index (χ4v) is 1.76. The maximum Gasteiger partial charge on any atom is 0.0929 e. The summed E-state index contributed by atoms with van der Waals surface area (Å²) in [5.41, 5.74) is 1.29. The quantitative estimate of drug-likeness (QED) is 0.813. The van der Waals surface area contributed by atoms with Crippen LogP contribution >= 0.6 is 11.6 Å². The molecule has 0 radical (unpaired) electrons. The Morgan fingerprint density at radius 3 is 2.69 bits per heavy atom. The summed E-state index contributed by atoms with van der Waals surface area (Å²) in [7, 11) is 2.06. The van der Waals surface area contributed by atoms with Gasteiger partial charge in [0, 0.05) is 12.7 Å². The summed E-state index contributed by atoms with van der Waals surface area (Å²) in [6.07, 6.45) is 3.47. The monoisotopic (exact) mass is 235 g/mol. The van der Waals surface area contributed by atoms with Gasteiger partial charge in [0.15, 0.2) is 0 Å². The number of rotatable bonds is 4. The number of hydrogen-bond donors (Lipinski definition) is 0. The van der Waals surface area contributed by atoms with Crippen LogP contribution in [-0.4, -0.2) is 21.7 Å². The first kappa shape index (κ1) is 11.2. The number of aromatic nitrogens is 2. The van der Waals surface area contributed by atoms with E-state index in [1.54, 1.807) is 6.20 Å². The molecule has 1 aromatic carbocycles. The molecule has 16 heavy (non-hydrogen) atoms. The summed E-state index contributed by atoms with van der Waals surface area (Å²) < 4.78 is 1.82. The van der Waals surface area contributed by atoms with Crippen LogP contribution < -0.4 is 0 Å². The largest absolute Gasteiger partial charge is 0.283 e. The van der Waals surface area contributed by atoms with Gasteiger partial charge in [0.1, 0.15) is 0 Å². The Morgan fingerprint density at radius 2 is 2.06 bits per heavy atom. The lowest BCUT2D eigenvalue weighted by Gasteiger charge is -2.16. The Kier molecular flexibility index (Phi) is 3.59. The first-order valence-corrected chi connectivity index (χ1v) is 5.52. The fourth-order valence-electron chi connectivity index (χ4n) is 1.61. The van der Waals surface area contributed by atoms with Gasteiger partial charge in [-0.1, -0.05) is 41.9 Å². The second kappa shape index (κ2) is 5.14. The molecule has 0 amide bonds. The van der Waals surface area contributed by atoms with Gasteiger partial charge in [-0.05, 0) is 12.6 Å². The van der Waals surface area contributed by atoms with E-state index in [4.69, 9.17) is 11.6 Å². The van der Waals surface area contributed by atoms with Crippen molar-refractivity contribution in [3.63, 3.8) is 0 Å². The molecule has 2 aromatic rings. The third kappa shape index (κ3) is 3.08. The number of nitrogens with zero attached hydrogens (tertiary/aromatic N) is 3. The Morgan fingerprint density at radius 1 is 1.31 bits per heavy atom. The van der Waals surface area contributed by atoms with Crippen molar-refractivity contribution < 1.29 is 0 Å². The van der Waals surface area contributed by atoms with Gasteiger partial charge < -0.3 is 0 Å². The Balaban J connectivity index is 1.92. The van der Waals surface area contributed by atoms with E-state index in [9.17, 15) is 0 Å². The minimum absolute atomic E-state index is 0.674. The fraction of sp³-hybridized carbons (Fsp3) is 0.250. The minimum atomic E-state index is 0.674. The number of hydrogen-bond acceptors (Lipinski definition) is 2. The van der Waals surface area contributed by atoms with Crippen LogP contribution in [0.5, 0.6) is 0 Å². The molecule has 0 saturated carbocycles. The summed E-state index contributed by atoms with van der Waals surface area (Å²) in [5, 5.41) is 4.81. The van der Waals surface area contributed by atoms with Gasteiger partial charge in [-0.15, -0.1) is 0 Å². The molecule has 0 aliphatic carbocycles. The Bertz CT molecular complexity index is 439. The minimum Gasteiger partial charge on any atom is -0.283 e. The normalized spacial score (nSPS) is 10.9. The summed E-state index contributed by atoms with van der Waals surface area (Å²) in [6, 6.07) is 10.4. The van der Waals surface area contributed by atoms with E-state index in [0.29, 0.717) is 5.02 Å². The zero-order valence-electron chi connectivity index (χ0n) is 9.18. The smallest absolute Gasteiger partial charge is 0.0929 e. The van der Waals surface area contributed by atoms with Crippen molar-refractivity contribution in [2.45, 2.75) is 13.2 Å². The molecule has 84 valence electrons. The van der Waals surface area contributed by atoms with Crippen LogP contribution in [-0.2, 0) is 13.2 Å². The molecule has 1 aromatic heterocycles. The molecule has 0 bridgehead atoms. The van der Waals surface area contributed by atoms with Crippen LogP contribution in [0, 0.1) is 0 Å². The SMILES string of the molecule is CN(Cc1ccccc1)Cn1cc(Cl)cn1. The molecule has 3 nitrogen and oxygen atoms in total. The molecule has 0 saturated heterocycles. The van der Waals surface area contributed by atoms with Crippen molar-refractivity contribution in [3.05, 3.63) is 53.3 Å². The summed E-state index contributed by atoms with van der Waals surface area (Å²) >= 11 is 5.80. The molecular weight excluding hydrogens is 222 g/mol. The topological polar surface area (TPSA) is 21.1 Å². The number of benzene rings is 1. The van der Waals surface area contributed by atoms with E-state index < -0.39 is 0 Å². The van der Waals surface area contributed by atoms with E-state index >= 15 is 0 Å². The highest BCUT2D eigenvalue weighted by Gasteiger charge is 2.01. The second-order valence-electron chi connectivity index (χ2n) is 3.84. The van der Waals surface area contributed by atoms with Crippen LogP contribution in [0.4, 0.5) is 0 Å². The van der Waals surface area contributed by atoms with Gasteiger partial charge in [-0.25, -0.2) is 0 Å². The highest BCUT2D eigenvalue weighted by atomic mass is 35.5. The highest BCUT2D eigenvalue weighted by molar-refractivity contribution is 6.30. The molecule has 0 aliphatic heterocycles. The summed E-state index contributed by atoms with van der Waals surface area (Å²) in [6.45, 7) is 1.64. The van der Waals surface area contributed by atoms with Gasteiger partial charge in [-0.3, -0.25) is 9.58 Å². The summed E-state index contributed by atoms with van der Waals surface area (Å²) in [5.74, 6) is 0. The third-order valence-corrected chi connectivity index (χ3v) is 2.48. The molecule has 0 N–H and O–H groups in total. The molecule has 0 fully saturated rings. The first-order valence-electron chi connectivity index (χ1n) is 5.14. The predicted molar refractivity (Wildman–Crippen MR) is 65.1 cm³/mol. The van der Waals surface area contributed by atoms with Crippen molar-refractivity contribution in [1.82, 2.24) is 14.7 Å². The van der Waals surface area contributed by atoms with Crippen molar-refractivity contribution in [3.8, 4) is 0 Å². The van der Waals surface area contributed by atoms with E-state index in [-0.39, 0.29) is 0 Å². The molecule has 0 spiro atoms. The second-order valence-corrected chi connectivity index (χ2v) is 4.28. The van der Waals surface area contributed by atoms with E-state index in [1.807, 2.05) is 29.1 Å². The average molecular weight is 236 g/mol. The van der Waals surface area contributed by atoms with Crippen LogP contribution in [0.25, 0.3) is 0 Å². The van der Waals surface area contributed by atoms with Crippen molar-refractivity contribution in [1.29, 1.82) is 0 Å². The van der Waals surface area contributed by atoms with Crippen LogP contribution in [0.15, 0.2) is 42.7 Å². The zero-order chi connectivity index (χ0) is 11.4. The van der Waals surface area contributed by atoms with E-state index in [1.165, 1.54) is 5.56 Å². The van der Waals surface area contributed by atoms with Crippen LogP contribution in [0.3, 0.4) is 0 Å². The first-order chi connectivity index (χ1) is 7.74. The van der Waals surface area contributed by atoms with Gasteiger partial charge in [-0.2, -0.15) is 5.10 Å². The third-order valence-electron chi connectivity index (χ3n) is 2.28. The van der Waals surface area contributed by atoms with Crippen LogP contribution in [0.2, 0.25) is 5.02 Å². The highest BCUT2D eigenvalue weighted by Crippen LogP contribution is 2.07. The van der Waals surface area contributed by atoms with E-state index in [0.717, 1.165) is 13.2 Å². The molecule has 0 unspecified atom stereocenters. The van der Waals surface area contributed by atoms with Crippen molar-refractivity contribution >= 4 is 11.6 Å². The van der Waals surface area contributed by atoms with Crippen molar-refractivity contribution in [2.24, 2.45) is 0 Å². The number of halogens is 1. The molecule has 0 atom stereocenters. The molecule has 2 rings (SSSR count). The van der Waals surface area contributed by atoms with Gasteiger partial charge in [0.25, 0.3) is 0 Å². The molecular formula is C12H14ClN3. The lowest BCUT2D eigenvalue weighted by Crippen LogP contribution is -2.21. The summed E-state index contributed by atoms with van der Waals surface area (Å²) in [4.78, 5) is 2.18.